The third kappa shape index (κ3) is 18.7. The zero-order chi connectivity index (χ0) is 70.5. The Bertz CT molecular complexity index is 4070. The fraction of sp³-hybridized carbons (Fsp3) is 0.530. The van der Waals surface area contributed by atoms with Gasteiger partial charge in [-0.3, -0.25) is 19.2 Å². The second-order valence-electron chi connectivity index (χ2n) is 25.1. The van der Waals surface area contributed by atoms with Crippen molar-refractivity contribution in [2.75, 3.05) is 121 Å². The van der Waals surface area contributed by atoms with Gasteiger partial charge in [0.2, 0.25) is 5.36 Å². The molecule has 6 aliphatic heterocycles. The molecule has 8 N–H and O–H groups in total. The Morgan fingerprint density at radius 2 is 1.59 bits per heavy atom. The van der Waals surface area contributed by atoms with Crippen LogP contribution in [0.5, 0.6) is 11.5 Å². The van der Waals surface area contributed by atoms with E-state index in [0.29, 0.717) is 59.5 Å². The second-order valence-corrected chi connectivity index (χ2v) is 33.1. The summed E-state index contributed by atoms with van der Waals surface area (Å²) in [6.45, 7) is 13.8. The Morgan fingerprint density at radius 1 is 0.850 bits per heavy atom. The van der Waals surface area contributed by atoms with E-state index in [0.717, 1.165) is 105 Å². The quantitative estimate of drug-likeness (QED) is 0.00637. The molecule has 3 aromatic carbocycles. The Morgan fingerprint density at radius 3 is 2.37 bits per heavy atom. The summed E-state index contributed by atoms with van der Waals surface area (Å²) in [6, 6.07) is 9.33. The Balaban J connectivity index is 0.547. The van der Waals surface area contributed by atoms with Crippen LogP contribution < -0.4 is 46.5 Å². The minimum atomic E-state index is -4.88. The lowest BCUT2D eigenvalue weighted by Gasteiger charge is -2.39. The number of aryl methyl sites for hydroxylation is 2. The van der Waals surface area contributed by atoms with E-state index in [-0.39, 0.29) is 92.8 Å². The molecule has 2 unspecified atom stereocenters. The number of nitrogens with two attached hydrogens (primary N) is 1. The van der Waals surface area contributed by atoms with Crippen LogP contribution in [0.4, 0.5) is 21.1 Å². The van der Waals surface area contributed by atoms with E-state index in [2.05, 4.69) is 72.3 Å². The van der Waals surface area contributed by atoms with E-state index in [4.69, 9.17) is 53.0 Å². The first-order valence-corrected chi connectivity index (χ1v) is 41.2. The molecule has 542 valence electrons. The Hall–Kier alpha value is -5.93. The van der Waals surface area contributed by atoms with E-state index in [1.165, 1.54) is 72.0 Å². The fourth-order valence-corrected chi connectivity index (χ4v) is 17.8. The van der Waals surface area contributed by atoms with Crippen LogP contribution in [0, 0.1) is 0 Å². The number of fused-ring (bicyclic) bond motifs is 5. The lowest BCUT2D eigenvalue weighted by Crippen LogP contribution is -2.45. The lowest BCUT2D eigenvalue weighted by atomic mass is 9.81. The van der Waals surface area contributed by atoms with Gasteiger partial charge in [0.25, 0.3) is 5.91 Å². The number of nitrogen functional groups attached to an aromatic ring is 1. The average molecular weight is 1500 g/mol. The molecule has 0 spiro atoms. The van der Waals surface area contributed by atoms with Gasteiger partial charge < -0.3 is 78.6 Å². The molecule has 2 aromatic heterocycles. The van der Waals surface area contributed by atoms with Gasteiger partial charge in [0.15, 0.2) is 0 Å². The number of phosphoric acid groups is 1. The number of phosphoric ester groups is 1. The number of unbranched alkanes of at least 4 members (excludes halogenated alkanes) is 1. The zero-order valence-corrected chi connectivity index (χ0v) is 61.2. The number of aromatic carboxylic acids is 1. The minimum absolute atomic E-state index is 0.102. The van der Waals surface area contributed by atoms with Gasteiger partial charge in [-0.2, -0.15) is 0 Å². The molecule has 6 aliphatic rings. The summed E-state index contributed by atoms with van der Waals surface area (Å²) >= 11 is 0. The van der Waals surface area contributed by atoms with Crippen molar-refractivity contribution in [2.24, 2.45) is 0 Å². The SMILES string of the molecule is C=C(NC(=O)OCCCCOCSSC(C)(C)CCOC(=O)NCCOCCOCCNC(=O)c1ccc(C(=O)O)c(C2=c3cc4c5c(c3Oc3c2cc2c6c3CCCN6CCC2)CCC[N+]=5CCC4)c1)c1cn([C@@H]2CC(OCSSC)[C@@H](CO[P@](=O)(O)O[PH](=O)O)O2)c2ncnc(N)c12. The number of benzene rings is 3. The highest BCUT2D eigenvalue weighted by Gasteiger charge is 2.42. The summed E-state index contributed by atoms with van der Waals surface area (Å²) < 4.78 is 83.8. The number of ether oxygens (including phenoxy) is 8. The summed E-state index contributed by atoms with van der Waals surface area (Å²) in [6.07, 6.45) is 10.9. The molecule has 0 aliphatic carbocycles. The zero-order valence-electron chi connectivity index (χ0n) is 56.0. The highest BCUT2D eigenvalue weighted by Crippen LogP contribution is 2.52. The number of carbonyl (C=O) groups is 4. The van der Waals surface area contributed by atoms with Gasteiger partial charge in [-0.15, -0.1) is 0 Å². The summed E-state index contributed by atoms with van der Waals surface area (Å²) in [5.74, 6) is 0.987. The van der Waals surface area contributed by atoms with Gasteiger partial charge in [-0.1, -0.05) is 49.8 Å². The normalized spacial score (nSPS) is 18.4. The molecule has 1 fully saturated rings. The van der Waals surface area contributed by atoms with Crippen LogP contribution in [-0.2, 0) is 76.8 Å². The van der Waals surface area contributed by atoms with E-state index in [1.807, 2.05) is 6.26 Å². The van der Waals surface area contributed by atoms with E-state index in [1.54, 1.807) is 39.8 Å². The van der Waals surface area contributed by atoms with Crippen LogP contribution in [0.1, 0.15) is 131 Å². The van der Waals surface area contributed by atoms with Crippen molar-refractivity contribution in [2.45, 2.75) is 114 Å². The molecule has 5 atom stereocenters. The first kappa shape index (κ1) is 75.2. The molecule has 3 amide bonds. The Labute approximate surface area is 595 Å². The van der Waals surface area contributed by atoms with Crippen molar-refractivity contribution in [1.82, 2.24) is 35.1 Å². The highest BCUT2D eigenvalue weighted by atomic mass is 33.1. The molecule has 28 nitrogen and oxygen atoms in total. The molecule has 11 rings (SSSR count). The molecule has 8 heterocycles. The van der Waals surface area contributed by atoms with Crippen molar-refractivity contribution >= 4 is 117 Å². The van der Waals surface area contributed by atoms with Gasteiger partial charge in [0.05, 0.1) is 68.9 Å². The number of nitrogens with one attached hydrogen (secondary N) is 3. The third-order valence-corrected chi connectivity index (χ3v) is 24.4. The van der Waals surface area contributed by atoms with Crippen LogP contribution in [0.15, 0.2) is 49.4 Å². The molecule has 100 heavy (non-hydrogen) atoms. The maximum Gasteiger partial charge on any atom is 0.479 e. The monoisotopic (exact) mass is 1500 g/mol. The summed E-state index contributed by atoms with van der Waals surface area (Å²) in [7, 11) is -2.60. The first-order chi connectivity index (χ1) is 48.3. The van der Waals surface area contributed by atoms with Gasteiger partial charge >= 0.3 is 34.2 Å². The molecule has 0 saturated carbocycles. The number of aromatic nitrogens is 3. The van der Waals surface area contributed by atoms with Crippen molar-refractivity contribution in [1.29, 1.82) is 0 Å². The number of hydrogen-bond donors (Lipinski definition) is 7. The summed E-state index contributed by atoms with van der Waals surface area (Å²) in [5, 5.41) is 21.6. The maximum atomic E-state index is 13.9. The van der Waals surface area contributed by atoms with Crippen LogP contribution >= 0.6 is 59.3 Å². The van der Waals surface area contributed by atoms with E-state index < -0.39 is 59.3 Å². The number of amides is 3. The number of carbonyl (C=O) groups excluding carboxylic acids is 3. The van der Waals surface area contributed by atoms with E-state index >= 15 is 0 Å². The van der Waals surface area contributed by atoms with Gasteiger partial charge in [0, 0.05) is 113 Å². The number of carboxylic acids is 1. The van der Waals surface area contributed by atoms with E-state index in [9.17, 15) is 38.3 Å². The molecule has 34 heteroatoms. The number of carboxylic acid groups (broad SMARTS) is 1. The van der Waals surface area contributed by atoms with Crippen LogP contribution in [0.3, 0.4) is 0 Å². The Kier molecular flexibility index (Phi) is 26.4. The second kappa shape index (κ2) is 35.0. The van der Waals surface area contributed by atoms with Crippen LogP contribution in [0.25, 0.3) is 22.3 Å². The molecular weight excluding hydrogens is 1410 g/mol. The molecule has 0 bridgehead atoms. The van der Waals surface area contributed by atoms with Gasteiger partial charge in [0.1, 0.15) is 66.6 Å². The van der Waals surface area contributed by atoms with Gasteiger partial charge in [-0.05, 0) is 119 Å². The van der Waals surface area contributed by atoms with Crippen molar-refractivity contribution < 1.29 is 89.9 Å². The van der Waals surface area contributed by atoms with Crippen LogP contribution in [0.2, 0.25) is 0 Å². The lowest BCUT2D eigenvalue weighted by molar-refractivity contribution is -0.0518. The van der Waals surface area contributed by atoms with Crippen molar-refractivity contribution in [3.63, 3.8) is 0 Å². The smallest absolute Gasteiger partial charge is 0.478 e. The summed E-state index contributed by atoms with van der Waals surface area (Å²) in [5.41, 5.74) is 16.0. The summed E-state index contributed by atoms with van der Waals surface area (Å²) in [4.78, 5) is 82.3. The molecule has 5 aromatic rings. The molecule has 1 saturated heterocycles. The maximum absolute atomic E-state index is 13.9. The third-order valence-electron chi connectivity index (χ3n) is 17.9. The first-order valence-electron chi connectivity index (χ1n) is 33.4. The highest BCUT2D eigenvalue weighted by molar-refractivity contribution is 8.77. The number of hydrogen-bond acceptors (Lipinski definition) is 24. The topological polar surface area (TPSA) is 354 Å². The number of rotatable bonds is 36. The number of nitrogens with zero attached hydrogens (tertiary/aromatic N) is 5. The van der Waals surface area contributed by atoms with Crippen molar-refractivity contribution in [3.05, 3.63) is 110 Å². The van der Waals surface area contributed by atoms with Crippen molar-refractivity contribution in [3.8, 4) is 11.5 Å². The fourth-order valence-electron chi connectivity index (χ4n) is 13.4. The number of anilines is 2. The average Bonchev–Trinajstić information content (AvgIpc) is 0.923. The predicted octanol–water partition coefficient (Wildman–Crippen LogP) is 8.49. The largest absolute Gasteiger partial charge is 0.479 e. The minimum Gasteiger partial charge on any atom is -0.478 e. The molecule has 0 radical (unpaired) electrons. The predicted molar refractivity (Wildman–Crippen MR) is 384 cm³/mol. The van der Waals surface area contributed by atoms with Gasteiger partial charge in [-0.25, -0.2) is 37.8 Å². The number of alkyl carbamates (subject to hydrolysis) is 2. The molecular formula is C66H86N9O19P2S4+. The standard InChI is InChI=1S/C66H85N9O19P2S4/c1-40(50-35-75(61-55(50)60(67)70-37-71-61)53-34-51(90-39-98-97-4)52(92-53)36-91-96(83,84)94-95(81)82)72-65(80)88-25-6-5-24-87-38-99-100-66(2,3)17-26-89-64(79)69-19-28-86-30-29-85-27-18-68-62(76)43-15-16-44(63(77)78)47(33-43)54-48-31-41-11-7-20-73-22-9-13-45(56(41)73)58(48)93-59-46-14-10-23-74-21-8-12-42(57(46)74)32-49(54)59/h15-16,31-33,35,37,51-53,95H,1,5-14,17-30,34,36,38-39H2,2-4H3,(H7-,67,68,69,70,71,72,76,77,78,79,80,81,82,83,84)/p+1/t51?,52-,53+/m1/s1. The van der Waals surface area contributed by atoms with Crippen LogP contribution in [-0.4, -0.2) is 181 Å².